The van der Waals surface area contributed by atoms with E-state index in [-0.39, 0.29) is 17.7 Å². The van der Waals surface area contributed by atoms with Gasteiger partial charge >= 0.3 is 5.97 Å². The van der Waals surface area contributed by atoms with E-state index in [9.17, 15) is 9.59 Å². The minimum Gasteiger partial charge on any atom is -0.480 e. The van der Waals surface area contributed by atoms with Gasteiger partial charge in [-0.15, -0.1) is 0 Å². The molecular formula is C15H17NO3. The zero-order valence-corrected chi connectivity index (χ0v) is 10.7. The van der Waals surface area contributed by atoms with Gasteiger partial charge in [0.15, 0.2) is 0 Å². The molecule has 1 aromatic carbocycles. The van der Waals surface area contributed by atoms with Crippen LogP contribution in [0.4, 0.5) is 0 Å². The zero-order valence-electron chi connectivity index (χ0n) is 10.7. The molecule has 1 N–H and O–H groups in total. The summed E-state index contributed by atoms with van der Waals surface area (Å²) in [5, 5.41) is 9.12. The number of rotatable bonds is 3. The van der Waals surface area contributed by atoms with E-state index < -0.39 is 12.0 Å². The van der Waals surface area contributed by atoms with Crippen molar-refractivity contribution in [2.75, 3.05) is 6.54 Å². The number of hydrogen-bond donors (Lipinski definition) is 1. The van der Waals surface area contributed by atoms with Crippen LogP contribution < -0.4 is 0 Å². The van der Waals surface area contributed by atoms with Gasteiger partial charge in [-0.25, -0.2) is 4.79 Å². The molecule has 2 fully saturated rings. The van der Waals surface area contributed by atoms with E-state index in [1.165, 1.54) is 5.56 Å². The highest BCUT2D eigenvalue weighted by molar-refractivity contribution is 5.88. The Balaban J connectivity index is 1.68. The van der Waals surface area contributed by atoms with Crippen LogP contribution in [0.25, 0.3) is 0 Å². The second-order valence-electron chi connectivity index (χ2n) is 5.39. The number of carbonyl (C=O) groups excluding carboxylic acids is 1. The summed E-state index contributed by atoms with van der Waals surface area (Å²) in [4.78, 5) is 25.1. The summed E-state index contributed by atoms with van der Waals surface area (Å²) in [6.45, 7) is 0.591. The third-order valence-electron chi connectivity index (χ3n) is 4.16. The fourth-order valence-corrected chi connectivity index (χ4v) is 3.04. The minimum absolute atomic E-state index is 0.0117. The molecular weight excluding hydrogens is 242 g/mol. The Labute approximate surface area is 112 Å². The number of carboxylic acid groups (broad SMARTS) is 1. The number of nitrogens with zero attached hydrogens (tertiary/aromatic N) is 1. The molecule has 3 rings (SSSR count). The Hall–Kier alpha value is -1.84. The molecule has 0 spiro atoms. The van der Waals surface area contributed by atoms with E-state index in [1.807, 2.05) is 30.3 Å². The first kappa shape index (κ1) is 12.2. The first-order chi connectivity index (χ1) is 9.18. The van der Waals surface area contributed by atoms with Crippen molar-refractivity contribution in [3.05, 3.63) is 35.9 Å². The summed E-state index contributed by atoms with van der Waals surface area (Å²) in [5.41, 5.74) is 1.19. The average molecular weight is 259 g/mol. The van der Waals surface area contributed by atoms with Gasteiger partial charge < -0.3 is 10.0 Å². The van der Waals surface area contributed by atoms with Crippen molar-refractivity contribution in [2.45, 2.75) is 31.2 Å². The van der Waals surface area contributed by atoms with Crippen LogP contribution in [0.5, 0.6) is 0 Å². The van der Waals surface area contributed by atoms with E-state index in [1.54, 1.807) is 4.90 Å². The van der Waals surface area contributed by atoms with E-state index in [0.717, 1.165) is 12.8 Å². The first-order valence-corrected chi connectivity index (χ1v) is 6.76. The zero-order chi connectivity index (χ0) is 13.4. The lowest BCUT2D eigenvalue weighted by Gasteiger charge is -2.21. The van der Waals surface area contributed by atoms with Crippen LogP contribution in [-0.4, -0.2) is 34.5 Å². The molecule has 1 aliphatic heterocycles. The molecule has 3 unspecified atom stereocenters. The second kappa shape index (κ2) is 4.68. The molecule has 0 aromatic heterocycles. The standard InChI is InChI=1S/C15H17NO3/c17-14(16-8-4-7-13(16)15(18)19)12-9-11(12)10-5-2-1-3-6-10/h1-3,5-6,11-13H,4,7-9H2,(H,18,19). The smallest absolute Gasteiger partial charge is 0.326 e. The third kappa shape index (κ3) is 2.23. The van der Waals surface area contributed by atoms with Crippen LogP contribution in [0.15, 0.2) is 30.3 Å². The molecule has 1 aromatic rings. The number of carbonyl (C=O) groups is 2. The van der Waals surface area contributed by atoms with Crippen molar-refractivity contribution in [2.24, 2.45) is 5.92 Å². The van der Waals surface area contributed by atoms with Crippen LogP contribution in [0.1, 0.15) is 30.7 Å². The van der Waals surface area contributed by atoms with Crippen molar-refractivity contribution in [1.82, 2.24) is 4.90 Å². The van der Waals surface area contributed by atoms with Crippen LogP contribution in [-0.2, 0) is 9.59 Å². The molecule has 100 valence electrons. The predicted molar refractivity (Wildman–Crippen MR) is 69.7 cm³/mol. The SMILES string of the molecule is O=C(O)C1CCCN1C(=O)C1CC1c1ccccc1. The van der Waals surface area contributed by atoms with Gasteiger partial charge in [0.25, 0.3) is 0 Å². The second-order valence-corrected chi connectivity index (χ2v) is 5.39. The molecule has 1 amide bonds. The minimum atomic E-state index is -0.872. The lowest BCUT2D eigenvalue weighted by molar-refractivity contribution is -0.148. The highest BCUT2D eigenvalue weighted by atomic mass is 16.4. The molecule has 4 heteroatoms. The molecule has 2 aliphatic rings. The monoisotopic (exact) mass is 259 g/mol. The van der Waals surface area contributed by atoms with E-state index in [0.29, 0.717) is 13.0 Å². The molecule has 1 heterocycles. The third-order valence-corrected chi connectivity index (χ3v) is 4.16. The van der Waals surface area contributed by atoms with E-state index >= 15 is 0 Å². The van der Waals surface area contributed by atoms with Gasteiger partial charge in [0, 0.05) is 12.5 Å². The number of carboxylic acids is 1. The van der Waals surface area contributed by atoms with Crippen molar-refractivity contribution in [3.8, 4) is 0 Å². The lowest BCUT2D eigenvalue weighted by atomic mass is 10.1. The Morgan fingerprint density at radius 3 is 2.63 bits per heavy atom. The molecule has 19 heavy (non-hydrogen) atoms. The Morgan fingerprint density at radius 2 is 1.95 bits per heavy atom. The maximum atomic E-state index is 12.4. The van der Waals surface area contributed by atoms with Crippen molar-refractivity contribution < 1.29 is 14.7 Å². The van der Waals surface area contributed by atoms with Crippen molar-refractivity contribution in [3.63, 3.8) is 0 Å². The summed E-state index contributed by atoms with van der Waals surface area (Å²) in [6.07, 6.45) is 2.24. The fraction of sp³-hybridized carbons (Fsp3) is 0.467. The molecule has 0 bridgehead atoms. The van der Waals surface area contributed by atoms with Crippen LogP contribution in [0.3, 0.4) is 0 Å². The highest BCUT2D eigenvalue weighted by Gasteiger charge is 2.48. The summed E-state index contributed by atoms with van der Waals surface area (Å²) in [6, 6.07) is 9.39. The normalized spacial score (nSPS) is 29.3. The van der Waals surface area contributed by atoms with Gasteiger partial charge in [0.2, 0.25) is 5.91 Å². The maximum Gasteiger partial charge on any atom is 0.326 e. The van der Waals surface area contributed by atoms with Gasteiger partial charge in [-0.2, -0.15) is 0 Å². The van der Waals surface area contributed by atoms with Crippen LogP contribution in [0.2, 0.25) is 0 Å². The molecule has 3 atom stereocenters. The molecule has 4 nitrogen and oxygen atoms in total. The Bertz CT molecular complexity index is 499. The molecule has 1 saturated carbocycles. The molecule has 0 radical (unpaired) electrons. The van der Waals surface area contributed by atoms with Crippen LogP contribution in [0, 0.1) is 5.92 Å². The van der Waals surface area contributed by atoms with Gasteiger partial charge in [-0.1, -0.05) is 30.3 Å². The van der Waals surface area contributed by atoms with Gasteiger partial charge in [-0.05, 0) is 30.7 Å². The topological polar surface area (TPSA) is 57.6 Å². The average Bonchev–Trinajstić information content (AvgIpc) is 3.06. The van der Waals surface area contributed by atoms with Crippen LogP contribution >= 0.6 is 0 Å². The molecule has 1 aliphatic carbocycles. The summed E-state index contributed by atoms with van der Waals surface area (Å²) >= 11 is 0. The van der Waals surface area contributed by atoms with Crippen molar-refractivity contribution in [1.29, 1.82) is 0 Å². The number of likely N-dealkylation sites (tertiary alicyclic amines) is 1. The maximum absolute atomic E-state index is 12.4. The lowest BCUT2D eigenvalue weighted by Crippen LogP contribution is -2.41. The first-order valence-electron chi connectivity index (χ1n) is 6.76. The van der Waals surface area contributed by atoms with Crippen molar-refractivity contribution >= 4 is 11.9 Å². The number of aliphatic carboxylic acids is 1. The quantitative estimate of drug-likeness (QED) is 0.901. The number of hydrogen-bond acceptors (Lipinski definition) is 2. The number of benzene rings is 1. The van der Waals surface area contributed by atoms with Gasteiger partial charge in [0.1, 0.15) is 6.04 Å². The Kier molecular flexibility index (Phi) is 3.01. The highest BCUT2D eigenvalue weighted by Crippen LogP contribution is 2.49. The fourth-order valence-electron chi connectivity index (χ4n) is 3.04. The number of amides is 1. The summed E-state index contributed by atoms with van der Waals surface area (Å²) in [7, 11) is 0. The largest absolute Gasteiger partial charge is 0.480 e. The summed E-state index contributed by atoms with van der Waals surface area (Å²) in [5.74, 6) is -0.576. The van der Waals surface area contributed by atoms with E-state index in [2.05, 4.69) is 0 Å². The molecule has 1 saturated heterocycles. The predicted octanol–water partition coefficient (Wildman–Crippen LogP) is 1.87. The van der Waals surface area contributed by atoms with Gasteiger partial charge in [0.05, 0.1) is 0 Å². The van der Waals surface area contributed by atoms with Gasteiger partial charge in [-0.3, -0.25) is 4.79 Å². The summed E-state index contributed by atoms with van der Waals surface area (Å²) < 4.78 is 0. The van der Waals surface area contributed by atoms with E-state index in [4.69, 9.17) is 5.11 Å². The Morgan fingerprint density at radius 1 is 1.21 bits per heavy atom.